The molecule has 0 radical (unpaired) electrons. The molecule has 0 aliphatic heterocycles. The lowest BCUT2D eigenvalue weighted by molar-refractivity contribution is 0.257. The molecule has 0 spiro atoms. The molecule has 20 heavy (non-hydrogen) atoms. The smallest absolute Gasteiger partial charge is 0.247 e. The van der Waals surface area contributed by atoms with Crippen LogP contribution in [0.1, 0.15) is 44.4 Å². The van der Waals surface area contributed by atoms with Gasteiger partial charge in [0.25, 0.3) is 0 Å². The van der Waals surface area contributed by atoms with E-state index in [2.05, 4.69) is 15.1 Å². The quantitative estimate of drug-likeness (QED) is 0.853. The second-order valence-corrected chi connectivity index (χ2v) is 5.36. The van der Waals surface area contributed by atoms with Gasteiger partial charge in [0.05, 0.1) is 11.7 Å². The van der Waals surface area contributed by atoms with Crippen LogP contribution in [0.25, 0.3) is 11.5 Å². The molecule has 2 N–H and O–H groups in total. The molecule has 1 aliphatic rings. The van der Waals surface area contributed by atoms with Crippen LogP contribution in [0.15, 0.2) is 22.9 Å². The summed E-state index contributed by atoms with van der Waals surface area (Å²) >= 11 is 0. The predicted molar refractivity (Wildman–Crippen MR) is 71.1 cm³/mol. The van der Waals surface area contributed by atoms with Crippen LogP contribution in [-0.2, 0) is 5.54 Å². The van der Waals surface area contributed by atoms with Gasteiger partial charge in [-0.3, -0.25) is 0 Å². The molecule has 3 rings (SSSR count). The Bertz CT molecular complexity index is 573. The summed E-state index contributed by atoms with van der Waals surface area (Å²) in [6.45, 7) is 0. The molecule has 2 aromatic heterocycles. The van der Waals surface area contributed by atoms with Gasteiger partial charge in [-0.25, -0.2) is 9.37 Å². The summed E-state index contributed by atoms with van der Waals surface area (Å²) in [6, 6.07) is 2.85. The van der Waals surface area contributed by atoms with Crippen molar-refractivity contribution in [3.8, 4) is 11.5 Å². The van der Waals surface area contributed by atoms with Crippen LogP contribution >= 0.6 is 0 Å². The van der Waals surface area contributed by atoms with E-state index in [9.17, 15) is 4.39 Å². The minimum Gasteiger partial charge on any atom is -0.337 e. The summed E-state index contributed by atoms with van der Waals surface area (Å²) < 4.78 is 18.2. The van der Waals surface area contributed by atoms with E-state index < -0.39 is 11.4 Å². The Kier molecular flexibility index (Phi) is 3.48. The minimum atomic E-state index is -0.540. The number of hydrogen-bond acceptors (Lipinski definition) is 5. The highest BCUT2D eigenvalue weighted by atomic mass is 19.1. The van der Waals surface area contributed by atoms with Crippen molar-refractivity contribution in [1.82, 2.24) is 15.1 Å². The average molecular weight is 276 g/mol. The third-order valence-corrected chi connectivity index (χ3v) is 3.80. The minimum absolute atomic E-state index is 0.356. The zero-order valence-electron chi connectivity index (χ0n) is 11.2. The van der Waals surface area contributed by atoms with Gasteiger partial charge < -0.3 is 10.3 Å². The first-order chi connectivity index (χ1) is 9.67. The first kappa shape index (κ1) is 13.2. The first-order valence-corrected chi connectivity index (χ1v) is 6.92. The Morgan fingerprint density at radius 3 is 2.55 bits per heavy atom. The summed E-state index contributed by atoms with van der Waals surface area (Å²) in [5.74, 6) is 0.422. The highest BCUT2D eigenvalue weighted by Crippen LogP contribution is 2.33. The van der Waals surface area contributed by atoms with Gasteiger partial charge in [-0.2, -0.15) is 4.98 Å². The van der Waals surface area contributed by atoms with Crippen LogP contribution in [0, 0.1) is 5.82 Å². The molecule has 1 fully saturated rings. The zero-order valence-corrected chi connectivity index (χ0v) is 11.2. The standard InChI is InChI=1S/C14H17FN4O/c15-10-5-6-11(17-9-10)12-18-13(20-19-12)14(16)7-3-1-2-4-8-14/h5-6,9H,1-4,7-8,16H2. The molecule has 0 atom stereocenters. The van der Waals surface area contributed by atoms with Crippen molar-refractivity contribution in [3.63, 3.8) is 0 Å². The molecular formula is C14H17FN4O. The largest absolute Gasteiger partial charge is 0.337 e. The monoisotopic (exact) mass is 276 g/mol. The lowest BCUT2D eigenvalue weighted by Gasteiger charge is -2.22. The Morgan fingerprint density at radius 2 is 1.90 bits per heavy atom. The van der Waals surface area contributed by atoms with Crippen LogP contribution in [-0.4, -0.2) is 15.1 Å². The average Bonchev–Trinajstić information content (AvgIpc) is 2.84. The maximum absolute atomic E-state index is 12.9. The van der Waals surface area contributed by atoms with Crippen molar-refractivity contribution < 1.29 is 8.91 Å². The molecule has 0 unspecified atom stereocenters. The zero-order chi connectivity index (χ0) is 14.0. The number of halogens is 1. The first-order valence-electron chi connectivity index (χ1n) is 6.92. The summed E-state index contributed by atoms with van der Waals surface area (Å²) in [6.07, 6.45) is 7.37. The fourth-order valence-corrected chi connectivity index (χ4v) is 2.61. The van der Waals surface area contributed by atoms with E-state index in [1.54, 1.807) is 0 Å². The van der Waals surface area contributed by atoms with Crippen molar-refractivity contribution in [2.24, 2.45) is 5.73 Å². The SMILES string of the molecule is NC1(c2nc(-c3ccc(F)cn3)no2)CCCCCC1. The van der Waals surface area contributed by atoms with Gasteiger partial charge in [0, 0.05) is 0 Å². The summed E-state index contributed by atoms with van der Waals surface area (Å²) in [7, 11) is 0. The number of aromatic nitrogens is 3. The number of nitrogens with two attached hydrogens (primary N) is 1. The molecule has 0 bridgehead atoms. The van der Waals surface area contributed by atoms with Gasteiger partial charge in [-0.05, 0) is 25.0 Å². The summed E-state index contributed by atoms with van der Waals surface area (Å²) in [5, 5.41) is 3.92. The van der Waals surface area contributed by atoms with Gasteiger partial charge in [-0.15, -0.1) is 0 Å². The highest BCUT2D eigenvalue weighted by Gasteiger charge is 2.34. The maximum atomic E-state index is 12.9. The molecule has 106 valence electrons. The second kappa shape index (κ2) is 5.28. The van der Waals surface area contributed by atoms with Gasteiger partial charge in [0.1, 0.15) is 11.5 Å². The van der Waals surface area contributed by atoms with Crippen molar-refractivity contribution in [2.45, 2.75) is 44.1 Å². The van der Waals surface area contributed by atoms with E-state index in [1.807, 2.05) is 0 Å². The summed E-state index contributed by atoms with van der Waals surface area (Å²) in [5.41, 5.74) is 6.36. The van der Waals surface area contributed by atoms with Crippen LogP contribution < -0.4 is 5.73 Å². The van der Waals surface area contributed by atoms with Crippen molar-refractivity contribution in [3.05, 3.63) is 30.0 Å². The van der Waals surface area contributed by atoms with Crippen molar-refractivity contribution in [2.75, 3.05) is 0 Å². The number of rotatable bonds is 2. The molecule has 2 aromatic rings. The molecule has 0 amide bonds. The van der Waals surface area contributed by atoms with Crippen molar-refractivity contribution in [1.29, 1.82) is 0 Å². The van der Waals surface area contributed by atoms with Crippen LogP contribution in [0.2, 0.25) is 0 Å². The number of nitrogens with zero attached hydrogens (tertiary/aromatic N) is 3. The molecule has 0 saturated heterocycles. The molecule has 0 aromatic carbocycles. The fourth-order valence-electron chi connectivity index (χ4n) is 2.61. The van der Waals surface area contributed by atoms with Crippen LogP contribution in [0.5, 0.6) is 0 Å². The van der Waals surface area contributed by atoms with E-state index in [1.165, 1.54) is 25.0 Å². The number of pyridine rings is 1. The molecule has 5 nitrogen and oxygen atoms in total. The van der Waals surface area contributed by atoms with Gasteiger partial charge >= 0.3 is 0 Å². The third kappa shape index (κ3) is 2.56. The van der Waals surface area contributed by atoms with E-state index in [4.69, 9.17) is 10.3 Å². The van der Waals surface area contributed by atoms with Crippen LogP contribution in [0.3, 0.4) is 0 Å². The second-order valence-electron chi connectivity index (χ2n) is 5.36. The van der Waals surface area contributed by atoms with E-state index in [-0.39, 0.29) is 0 Å². The lowest BCUT2D eigenvalue weighted by atomic mass is 9.91. The van der Waals surface area contributed by atoms with E-state index in [0.29, 0.717) is 17.4 Å². The fraction of sp³-hybridized carbons (Fsp3) is 0.500. The van der Waals surface area contributed by atoms with Gasteiger partial charge in [-0.1, -0.05) is 30.8 Å². The number of hydrogen-bond donors (Lipinski definition) is 1. The van der Waals surface area contributed by atoms with E-state index >= 15 is 0 Å². The Hall–Kier alpha value is -1.82. The maximum Gasteiger partial charge on any atom is 0.247 e. The molecule has 6 heteroatoms. The van der Waals surface area contributed by atoms with Gasteiger partial charge in [0.2, 0.25) is 11.7 Å². The summed E-state index contributed by atoms with van der Waals surface area (Å²) in [4.78, 5) is 8.31. The molecule has 1 saturated carbocycles. The predicted octanol–water partition coefficient (Wildman–Crippen LogP) is 2.78. The lowest BCUT2D eigenvalue weighted by Crippen LogP contribution is -2.36. The molecule has 2 heterocycles. The molecular weight excluding hydrogens is 259 g/mol. The highest BCUT2D eigenvalue weighted by molar-refractivity contribution is 5.47. The van der Waals surface area contributed by atoms with Gasteiger partial charge in [0.15, 0.2) is 0 Å². The topological polar surface area (TPSA) is 77.8 Å². The van der Waals surface area contributed by atoms with Crippen molar-refractivity contribution >= 4 is 0 Å². The Balaban J connectivity index is 1.87. The Labute approximate surface area is 116 Å². The van der Waals surface area contributed by atoms with E-state index in [0.717, 1.165) is 31.9 Å². The molecule has 1 aliphatic carbocycles. The van der Waals surface area contributed by atoms with Crippen LogP contribution in [0.4, 0.5) is 4.39 Å². The Morgan fingerprint density at radius 1 is 1.15 bits per heavy atom. The third-order valence-electron chi connectivity index (χ3n) is 3.80. The normalized spacial score (nSPS) is 18.7.